The van der Waals surface area contributed by atoms with Crippen molar-refractivity contribution >= 4 is 17.5 Å². The van der Waals surface area contributed by atoms with Crippen molar-refractivity contribution in [1.82, 2.24) is 14.8 Å². The molecule has 0 aliphatic rings. The molecule has 0 aliphatic carbocycles. The van der Waals surface area contributed by atoms with Crippen LogP contribution in [0.3, 0.4) is 0 Å². The lowest BCUT2D eigenvalue weighted by atomic mass is 10.1. The Kier molecular flexibility index (Phi) is 6.36. The van der Waals surface area contributed by atoms with E-state index in [0.717, 1.165) is 28.7 Å². The minimum Gasteiger partial charge on any atom is -0.497 e. The molecule has 7 heteroatoms. The SMILES string of the molecule is CCn1c(SCC(=O)c2cc(OC)ccc2OC)nnc1-c1ccccc1C. The van der Waals surface area contributed by atoms with E-state index in [0.29, 0.717) is 17.1 Å². The van der Waals surface area contributed by atoms with Gasteiger partial charge in [0.05, 0.1) is 25.5 Å². The van der Waals surface area contributed by atoms with E-state index in [9.17, 15) is 4.79 Å². The first-order valence-corrected chi connectivity index (χ1v) is 9.94. The average molecular weight is 398 g/mol. The fourth-order valence-corrected chi connectivity index (χ4v) is 3.83. The minimum atomic E-state index is -0.0520. The molecule has 146 valence electrons. The molecule has 1 heterocycles. The third-order valence-electron chi connectivity index (χ3n) is 4.46. The highest BCUT2D eigenvalue weighted by molar-refractivity contribution is 7.99. The average Bonchev–Trinajstić information content (AvgIpc) is 3.14. The Balaban J connectivity index is 1.82. The number of hydrogen-bond acceptors (Lipinski definition) is 6. The van der Waals surface area contributed by atoms with Crippen molar-refractivity contribution in [1.29, 1.82) is 0 Å². The molecule has 0 aliphatic heterocycles. The number of thioether (sulfide) groups is 1. The van der Waals surface area contributed by atoms with Crippen molar-refractivity contribution in [3.05, 3.63) is 53.6 Å². The van der Waals surface area contributed by atoms with Crippen molar-refractivity contribution in [2.24, 2.45) is 0 Å². The molecule has 3 aromatic rings. The second kappa shape index (κ2) is 8.93. The number of ketones is 1. The van der Waals surface area contributed by atoms with Gasteiger partial charge in [-0.2, -0.15) is 0 Å². The van der Waals surface area contributed by atoms with Gasteiger partial charge in [0.2, 0.25) is 0 Å². The molecular weight excluding hydrogens is 374 g/mol. The zero-order valence-electron chi connectivity index (χ0n) is 16.4. The Labute approximate surface area is 168 Å². The summed E-state index contributed by atoms with van der Waals surface area (Å²) in [4.78, 5) is 12.8. The molecule has 0 saturated carbocycles. The van der Waals surface area contributed by atoms with Gasteiger partial charge >= 0.3 is 0 Å². The van der Waals surface area contributed by atoms with Crippen molar-refractivity contribution in [2.45, 2.75) is 25.5 Å². The van der Waals surface area contributed by atoms with E-state index in [2.05, 4.69) is 23.2 Å². The normalized spacial score (nSPS) is 10.7. The van der Waals surface area contributed by atoms with Gasteiger partial charge in [-0.1, -0.05) is 36.0 Å². The summed E-state index contributed by atoms with van der Waals surface area (Å²) in [5.41, 5.74) is 2.68. The first-order chi connectivity index (χ1) is 13.6. The summed E-state index contributed by atoms with van der Waals surface area (Å²) in [6, 6.07) is 13.3. The van der Waals surface area contributed by atoms with Gasteiger partial charge in [-0.3, -0.25) is 4.79 Å². The number of hydrogen-bond donors (Lipinski definition) is 0. The number of aryl methyl sites for hydroxylation is 1. The summed E-state index contributed by atoms with van der Waals surface area (Å²) in [6.45, 7) is 4.81. The zero-order valence-corrected chi connectivity index (χ0v) is 17.2. The highest BCUT2D eigenvalue weighted by atomic mass is 32.2. The van der Waals surface area contributed by atoms with Gasteiger partial charge in [0, 0.05) is 12.1 Å². The molecule has 0 atom stereocenters. The van der Waals surface area contributed by atoms with E-state index in [1.807, 2.05) is 29.7 Å². The molecule has 6 nitrogen and oxygen atoms in total. The highest BCUT2D eigenvalue weighted by Gasteiger charge is 2.18. The maximum Gasteiger partial charge on any atom is 0.191 e. The van der Waals surface area contributed by atoms with Crippen molar-refractivity contribution in [3.8, 4) is 22.9 Å². The van der Waals surface area contributed by atoms with Crippen LogP contribution < -0.4 is 9.47 Å². The fraction of sp³-hybridized carbons (Fsp3) is 0.286. The number of Topliss-reactive ketones (excluding diaryl/α,β-unsaturated/α-hetero) is 1. The van der Waals surface area contributed by atoms with Crippen molar-refractivity contribution in [3.63, 3.8) is 0 Å². The third kappa shape index (κ3) is 4.04. The number of rotatable bonds is 8. The number of methoxy groups -OCH3 is 2. The van der Waals surface area contributed by atoms with E-state index in [-0.39, 0.29) is 11.5 Å². The topological polar surface area (TPSA) is 66.2 Å². The molecule has 28 heavy (non-hydrogen) atoms. The predicted octanol–water partition coefficient (Wildman–Crippen LogP) is 4.27. The summed E-state index contributed by atoms with van der Waals surface area (Å²) in [6.07, 6.45) is 0. The van der Waals surface area contributed by atoms with E-state index in [1.165, 1.54) is 11.8 Å². The van der Waals surface area contributed by atoms with Gasteiger partial charge in [0.25, 0.3) is 0 Å². The molecule has 0 spiro atoms. The number of benzene rings is 2. The number of carbonyl (C=O) groups excluding carboxylic acids is 1. The van der Waals surface area contributed by atoms with Crippen LogP contribution in [-0.4, -0.2) is 40.5 Å². The van der Waals surface area contributed by atoms with Crippen LogP contribution in [0.25, 0.3) is 11.4 Å². The molecule has 0 fully saturated rings. The molecule has 0 radical (unpaired) electrons. The van der Waals surface area contributed by atoms with Gasteiger partial charge in [0.15, 0.2) is 16.8 Å². The van der Waals surface area contributed by atoms with Crippen LogP contribution in [0.4, 0.5) is 0 Å². The highest BCUT2D eigenvalue weighted by Crippen LogP contribution is 2.29. The molecule has 0 unspecified atom stereocenters. The third-order valence-corrected chi connectivity index (χ3v) is 5.43. The van der Waals surface area contributed by atoms with Crippen LogP contribution in [-0.2, 0) is 6.54 Å². The minimum absolute atomic E-state index is 0.0520. The standard InChI is InChI=1S/C21H23N3O3S/c1-5-24-20(16-9-7-6-8-14(16)2)22-23-21(24)28-13-18(25)17-12-15(26-3)10-11-19(17)27-4/h6-12H,5,13H2,1-4H3. The summed E-state index contributed by atoms with van der Waals surface area (Å²) in [7, 11) is 3.12. The second-order valence-corrected chi connectivity index (χ2v) is 7.09. The number of ether oxygens (including phenoxy) is 2. The smallest absolute Gasteiger partial charge is 0.191 e. The zero-order chi connectivity index (χ0) is 20.1. The Bertz CT molecular complexity index is 985. The molecule has 0 bridgehead atoms. The first-order valence-electron chi connectivity index (χ1n) is 8.96. The lowest BCUT2D eigenvalue weighted by Gasteiger charge is -2.10. The van der Waals surface area contributed by atoms with Gasteiger partial charge < -0.3 is 14.0 Å². The van der Waals surface area contributed by atoms with Crippen molar-refractivity contribution in [2.75, 3.05) is 20.0 Å². The van der Waals surface area contributed by atoms with Crippen LogP contribution in [0.1, 0.15) is 22.8 Å². The molecule has 0 saturated heterocycles. The first kappa shape index (κ1) is 19.9. The monoisotopic (exact) mass is 397 g/mol. The van der Waals surface area contributed by atoms with Crippen LogP contribution >= 0.6 is 11.8 Å². The Morgan fingerprint density at radius 1 is 1.11 bits per heavy atom. The van der Waals surface area contributed by atoms with E-state index in [1.54, 1.807) is 32.4 Å². The fourth-order valence-electron chi connectivity index (χ4n) is 2.94. The summed E-state index contributed by atoms with van der Waals surface area (Å²) in [5.74, 6) is 2.14. The summed E-state index contributed by atoms with van der Waals surface area (Å²) in [5, 5.41) is 9.40. The van der Waals surface area contributed by atoms with Gasteiger partial charge in [-0.15, -0.1) is 10.2 Å². The van der Waals surface area contributed by atoms with E-state index < -0.39 is 0 Å². The summed E-state index contributed by atoms with van der Waals surface area (Å²) < 4.78 is 12.6. The van der Waals surface area contributed by atoms with E-state index in [4.69, 9.17) is 9.47 Å². The number of carbonyl (C=O) groups is 1. The van der Waals surface area contributed by atoms with Crippen LogP contribution in [0.2, 0.25) is 0 Å². The second-order valence-electron chi connectivity index (χ2n) is 6.14. The Morgan fingerprint density at radius 3 is 2.57 bits per heavy atom. The van der Waals surface area contributed by atoms with Crippen LogP contribution in [0.5, 0.6) is 11.5 Å². The maximum atomic E-state index is 12.8. The largest absolute Gasteiger partial charge is 0.497 e. The number of aromatic nitrogens is 3. The molecule has 2 aromatic carbocycles. The summed E-state index contributed by atoms with van der Waals surface area (Å²) >= 11 is 1.37. The Hall–Kier alpha value is -2.80. The number of nitrogens with zero attached hydrogens (tertiary/aromatic N) is 3. The molecule has 0 N–H and O–H groups in total. The molecule has 1 aromatic heterocycles. The molecule has 3 rings (SSSR count). The van der Waals surface area contributed by atoms with Gasteiger partial charge in [0.1, 0.15) is 11.5 Å². The van der Waals surface area contributed by atoms with Gasteiger partial charge in [-0.25, -0.2) is 0 Å². The van der Waals surface area contributed by atoms with Crippen LogP contribution in [0.15, 0.2) is 47.6 Å². The maximum absolute atomic E-state index is 12.8. The Morgan fingerprint density at radius 2 is 1.89 bits per heavy atom. The lowest BCUT2D eigenvalue weighted by molar-refractivity contribution is 0.101. The molecule has 0 amide bonds. The quantitative estimate of drug-likeness (QED) is 0.418. The van der Waals surface area contributed by atoms with Crippen molar-refractivity contribution < 1.29 is 14.3 Å². The predicted molar refractivity (Wildman–Crippen MR) is 110 cm³/mol. The molecular formula is C21H23N3O3S. The lowest BCUT2D eigenvalue weighted by Crippen LogP contribution is -2.07. The van der Waals surface area contributed by atoms with Crippen LogP contribution in [0, 0.1) is 6.92 Å². The van der Waals surface area contributed by atoms with Gasteiger partial charge in [-0.05, 0) is 37.6 Å². The van der Waals surface area contributed by atoms with E-state index >= 15 is 0 Å².